The number of ether oxygens (including phenoxy) is 1. The second kappa shape index (κ2) is 8.69. The number of carbonyl (C=O) groups is 3. The standard InChI is InChI=1S/C24H26N2O4/c1-16-10-12-17(13-11-16)30-21-9-5-4-8-20(21)25-22(27)14-15-26-23(28)18-6-2-3-7-19(18)24(26)29/h4-5,8-13,18-19H,2-3,6-7,14-15H2,1H3,(H,25,27)/t18-,19-/m1/s1. The fourth-order valence-electron chi connectivity index (χ4n) is 4.27. The SMILES string of the molecule is Cc1ccc(Oc2ccccc2NC(=O)CCN2C(=O)[C@@H]3CCCC[C@H]3C2=O)cc1. The van der Waals surface area contributed by atoms with Gasteiger partial charge in [-0.1, -0.05) is 42.7 Å². The first-order chi connectivity index (χ1) is 14.5. The van der Waals surface area contributed by atoms with Gasteiger partial charge in [-0.15, -0.1) is 0 Å². The zero-order valence-corrected chi connectivity index (χ0v) is 17.1. The third-order valence-corrected chi connectivity index (χ3v) is 5.90. The lowest BCUT2D eigenvalue weighted by molar-refractivity contribution is -0.140. The van der Waals surface area contributed by atoms with Crippen LogP contribution in [0.5, 0.6) is 11.5 Å². The topological polar surface area (TPSA) is 75.7 Å². The highest BCUT2D eigenvalue weighted by molar-refractivity contribution is 6.05. The first kappa shape index (κ1) is 20.1. The highest BCUT2D eigenvalue weighted by Gasteiger charge is 2.47. The molecule has 6 heteroatoms. The van der Waals surface area contributed by atoms with Crippen LogP contribution in [0.25, 0.3) is 0 Å². The maximum Gasteiger partial charge on any atom is 0.233 e. The van der Waals surface area contributed by atoms with E-state index >= 15 is 0 Å². The lowest BCUT2D eigenvalue weighted by atomic mass is 9.81. The van der Waals surface area contributed by atoms with E-state index in [0.29, 0.717) is 17.2 Å². The molecular formula is C24H26N2O4. The minimum Gasteiger partial charge on any atom is -0.455 e. The number of imide groups is 1. The molecule has 0 spiro atoms. The summed E-state index contributed by atoms with van der Waals surface area (Å²) in [5, 5.41) is 2.85. The van der Waals surface area contributed by atoms with Gasteiger partial charge in [0.1, 0.15) is 5.75 Å². The number of hydrogen-bond donors (Lipinski definition) is 1. The number of fused-ring (bicyclic) bond motifs is 1. The molecule has 1 N–H and O–H groups in total. The molecule has 1 aliphatic carbocycles. The van der Waals surface area contributed by atoms with Crippen molar-refractivity contribution in [3.05, 3.63) is 54.1 Å². The highest BCUT2D eigenvalue weighted by atomic mass is 16.5. The van der Waals surface area contributed by atoms with Gasteiger partial charge >= 0.3 is 0 Å². The van der Waals surface area contributed by atoms with Crippen LogP contribution in [0.2, 0.25) is 0 Å². The van der Waals surface area contributed by atoms with Crippen LogP contribution >= 0.6 is 0 Å². The van der Waals surface area contributed by atoms with Gasteiger partial charge in [0.25, 0.3) is 0 Å². The van der Waals surface area contributed by atoms with Crippen LogP contribution in [0.15, 0.2) is 48.5 Å². The van der Waals surface area contributed by atoms with E-state index in [1.807, 2.05) is 43.3 Å². The van der Waals surface area contributed by atoms with E-state index in [9.17, 15) is 14.4 Å². The van der Waals surface area contributed by atoms with Crippen molar-refractivity contribution in [2.24, 2.45) is 11.8 Å². The molecule has 0 unspecified atom stereocenters. The molecule has 2 aliphatic rings. The van der Waals surface area contributed by atoms with Crippen molar-refractivity contribution in [1.29, 1.82) is 0 Å². The lowest BCUT2D eigenvalue weighted by Crippen LogP contribution is -2.34. The molecule has 0 bridgehead atoms. The van der Waals surface area contributed by atoms with Crippen molar-refractivity contribution >= 4 is 23.4 Å². The number of nitrogens with zero attached hydrogens (tertiary/aromatic N) is 1. The van der Waals surface area contributed by atoms with E-state index in [4.69, 9.17) is 4.74 Å². The molecule has 156 valence electrons. The van der Waals surface area contributed by atoms with Crippen LogP contribution < -0.4 is 10.1 Å². The Morgan fingerprint density at radius 1 is 1.00 bits per heavy atom. The van der Waals surface area contributed by atoms with Gasteiger partial charge in [-0.3, -0.25) is 19.3 Å². The first-order valence-electron chi connectivity index (χ1n) is 10.5. The molecule has 2 atom stereocenters. The molecule has 6 nitrogen and oxygen atoms in total. The van der Waals surface area contributed by atoms with E-state index in [2.05, 4.69) is 5.32 Å². The third-order valence-electron chi connectivity index (χ3n) is 5.90. The summed E-state index contributed by atoms with van der Waals surface area (Å²) in [6, 6.07) is 14.9. The maximum absolute atomic E-state index is 12.6. The summed E-state index contributed by atoms with van der Waals surface area (Å²) in [7, 11) is 0. The van der Waals surface area contributed by atoms with E-state index in [1.54, 1.807) is 12.1 Å². The molecule has 30 heavy (non-hydrogen) atoms. The number of aryl methyl sites for hydroxylation is 1. The van der Waals surface area contributed by atoms with Gasteiger partial charge in [0.05, 0.1) is 17.5 Å². The fourth-order valence-corrected chi connectivity index (χ4v) is 4.27. The molecule has 1 saturated heterocycles. The Morgan fingerprint density at radius 2 is 1.63 bits per heavy atom. The number of amides is 3. The molecule has 1 aliphatic heterocycles. The monoisotopic (exact) mass is 406 g/mol. The van der Waals surface area contributed by atoms with Gasteiger partial charge < -0.3 is 10.1 Å². The van der Waals surface area contributed by atoms with Gasteiger partial charge in [0, 0.05) is 13.0 Å². The largest absolute Gasteiger partial charge is 0.455 e. The maximum atomic E-state index is 12.6. The van der Waals surface area contributed by atoms with E-state index in [1.165, 1.54) is 4.90 Å². The Kier molecular flexibility index (Phi) is 5.84. The Hall–Kier alpha value is -3.15. The average molecular weight is 406 g/mol. The van der Waals surface area contributed by atoms with Crippen LogP contribution in [0.4, 0.5) is 5.69 Å². The lowest BCUT2D eigenvalue weighted by Gasteiger charge is -2.19. The Balaban J connectivity index is 1.37. The van der Waals surface area contributed by atoms with E-state index in [-0.39, 0.29) is 42.5 Å². The van der Waals surface area contributed by atoms with Crippen LogP contribution in [0.3, 0.4) is 0 Å². The van der Waals surface area contributed by atoms with E-state index < -0.39 is 0 Å². The smallest absolute Gasteiger partial charge is 0.233 e. The van der Waals surface area contributed by atoms with Crippen molar-refractivity contribution in [3.63, 3.8) is 0 Å². The molecule has 0 aromatic heterocycles. The van der Waals surface area contributed by atoms with Gasteiger partial charge in [-0.25, -0.2) is 0 Å². The summed E-state index contributed by atoms with van der Waals surface area (Å²) in [4.78, 5) is 38.9. The normalized spacial score (nSPS) is 20.8. The summed E-state index contributed by atoms with van der Waals surface area (Å²) in [5.74, 6) is 0.370. The number of anilines is 1. The predicted molar refractivity (Wildman–Crippen MR) is 113 cm³/mol. The Bertz CT molecular complexity index is 930. The molecule has 2 aromatic carbocycles. The minimum absolute atomic E-state index is 0.0653. The predicted octanol–water partition coefficient (Wildman–Crippen LogP) is 4.29. The average Bonchev–Trinajstić information content (AvgIpc) is 3.00. The van der Waals surface area contributed by atoms with Gasteiger partial charge in [-0.2, -0.15) is 0 Å². The number of likely N-dealkylation sites (tertiary alicyclic amines) is 1. The summed E-state index contributed by atoms with van der Waals surface area (Å²) >= 11 is 0. The quantitative estimate of drug-likeness (QED) is 0.726. The third kappa shape index (κ3) is 4.22. The number of benzene rings is 2. The molecule has 1 saturated carbocycles. The summed E-state index contributed by atoms with van der Waals surface area (Å²) < 4.78 is 5.91. The van der Waals surface area contributed by atoms with Gasteiger partial charge in [0.2, 0.25) is 17.7 Å². The van der Waals surface area contributed by atoms with Crippen molar-refractivity contribution in [3.8, 4) is 11.5 Å². The van der Waals surface area contributed by atoms with Gasteiger partial charge in [0.15, 0.2) is 5.75 Å². The molecule has 2 fully saturated rings. The Labute approximate surface area is 176 Å². The summed E-state index contributed by atoms with van der Waals surface area (Å²) in [6.45, 7) is 2.13. The van der Waals surface area contributed by atoms with Crippen LogP contribution in [0, 0.1) is 18.8 Å². The zero-order chi connectivity index (χ0) is 21.1. The first-order valence-corrected chi connectivity index (χ1v) is 10.5. The van der Waals surface area contributed by atoms with Crippen LogP contribution in [-0.2, 0) is 14.4 Å². The second-order valence-corrected chi connectivity index (χ2v) is 8.04. The molecular weight excluding hydrogens is 380 g/mol. The van der Waals surface area contributed by atoms with Crippen molar-refractivity contribution in [2.45, 2.75) is 39.0 Å². The number of hydrogen-bond acceptors (Lipinski definition) is 4. The molecule has 1 heterocycles. The minimum atomic E-state index is -0.259. The number of rotatable bonds is 6. The van der Waals surface area contributed by atoms with E-state index in [0.717, 1.165) is 31.2 Å². The summed E-state index contributed by atoms with van der Waals surface area (Å²) in [6.07, 6.45) is 3.61. The Morgan fingerprint density at radius 3 is 2.30 bits per heavy atom. The molecule has 4 rings (SSSR count). The second-order valence-electron chi connectivity index (χ2n) is 8.04. The highest BCUT2D eigenvalue weighted by Crippen LogP contribution is 2.38. The number of nitrogens with one attached hydrogen (secondary N) is 1. The molecule has 2 aromatic rings. The summed E-state index contributed by atoms with van der Waals surface area (Å²) in [5.41, 5.74) is 1.69. The van der Waals surface area contributed by atoms with Gasteiger partial charge in [-0.05, 0) is 44.0 Å². The van der Waals surface area contributed by atoms with Crippen molar-refractivity contribution in [1.82, 2.24) is 4.90 Å². The number of para-hydroxylation sites is 2. The number of carbonyl (C=O) groups excluding carboxylic acids is 3. The van der Waals surface area contributed by atoms with Crippen molar-refractivity contribution in [2.75, 3.05) is 11.9 Å². The zero-order valence-electron chi connectivity index (χ0n) is 17.1. The fraction of sp³-hybridized carbons (Fsp3) is 0.375. The molecule has 3 amide bonds. The van der Waals surface area contributed by atoms with Crippen LogP contribution in [0.1, 0.15) is 37.7 Å². The van der Waals surface area contributed by atoms with Crippen LogP contribution in [-0.4, -0.2) is 29.2 Å². The van der Waals surface area contributed by atoms with Crippen molar-refractivity contribution < 1.29 is 19.1 Å². The molecule has 0 radical (unpaired) electrons.